The Kier molecular flexibility index (Phi) is 9.19. The first-order valence-electron chi connectivity index (χ1n) is 9.22. The number of aromatic amines is 1. The third-order valence-electron chi connectivity index (χ3n) is 3.56. The van der Waals surface area contributed by atoms with E-state index in [4.69, 9.17) is 15.3 Å². The number of carbonyl (C=O) groups is 5. The molecule has 0 aliphatic carbocycles. The topological polar surface area (TPSA) is 203 Å². The molecule has 1 aromatic heterocycles. The van der Waals surface area contributed by atoms with Gasteiger partial charge in [-0.2, -0.15) is 0 Å². The lowest BCUT2D eigenvalue weighted by molar-refractivity contribution is -0.140. The van der Waals surface area contributed by atoms with Gasteiger partial charge >= 0.3 is 12.1 Å². The minimum atomic E-state index is -1.18. The predicted octanol–water partition coefficient (Wildman–Crippen LogP) is -0.0868. The molecule has 13 heteroatoms. The lowest BCUT2D eigenvalue weighted by Gasteiger charge is -2.19. The third-order valence-corrected chi connectivity index (χ3v) is 3.56. The van der Waals surface area contributed by atoms with Gasteiger partial charge in [-0.1, -0.05) is 0 Å². The molecule has 170 valence electrons. The van der Waals surface area contributed by atoms with Crippen LogP contribution in [0.5, 0.6) is 0 Å². The van der Waals surface area contributed by atoms with Crippen molar-refractivity contribution >= 4 is 36.2 Å². The number of hydrogen-bond acceptors (Lipinski definition) is 7. The van der Waals surface area contributed by atoms with Crippen LogP contribution in [0.1, 0.15) is 54.6 Å². The van der Waals surface area contributed by atoms with Gasteiger partial charge in [0.15, 0.2) is 0 Å². The van der Waals surface area contributed by atoms with Gasteiger partial charge in [-0.25, -0.2) is 9.59 Å². The Morgan fingerprint density at radius 3 is 2.32 bits per heavy atom. The molecule has 0 bridgehead atoms. The fraction of sp³-hybridized carbons (Fsp3) is 0.444. The van der Waals surface area contributed by atoms with Crippen molar-refractivity contribution in [3.63, 3.8) is 0 Å². The van der Waals surface area contributed by atoms with Crippen molar-refractivity contribution in [2.24, 2.45) is 0 Å². The molecule has 0 saturated heterocycles. The van der Waals surface area contributed by atoms with E-state index >= 15 is 0 Å². The Hall–Kier alpha value is -3.90. The van der Waals surface area contributed by atoms with E-state index in [1.54, 1.807) is 20.8 Å². The molecule has 0 saturated carbocycles. The summed E-state index contributed by atoms with van der Waals surface area (Å²) in [4.78, 5) is 59.7. The minimum absolute atomic E-state index is 0.0259. The van der Waals surface area contributed by atoms with E-state index in [2.05, 4.69) is 26.3 Å². The van der Waals surface area contributed by atoms with E-state index in [1.807, 2.05) is 0 Å². The number of aliphatic carboxylic acids is 1. The second kappa shape index (κ2) is 11.3. The van der Waals surface area contributed by atoms with Gasteiger partial charge in [0.2, 0.25) is 12.4 Å². The maximum Gasteiger partial charge on any atom is 0.414 e. The number of ether oxygens (including phenoxy) is 1. The Labute approximate surface area is 177 Å². The zero-order valence-corrected chi connectivity index (χ0v) is 17.3. The number of guanidine groups is 1. The lowest BCUT2D eigenvalue weighted by atomic mass is 10.1. The van der Waals surface area contributed by atoms with Gasteiger partial charge in [-0.15, -0.1) is 0 Å². The fourth-order valence-electron chi connectivity index (χ4n) is 2.24. The first-order valence-corrected chi connectivity index (χ1v) is 9.22. The zero-order valence-electron chi connectivity index (χ0n) is 17.3. The summed E-state index contributed by atoms with van der Waals surface area (Å²) in [6.07, 6.45) is -0.186. The second-order valence-corrected chi connectivity index (χ2v) is 7.32. The van der Waals surface area contributed by atoms with Gasteiger partial charge < -0.3 is 25.5 Å². The molecule has 7 N–H and O–H groups in total. The maximum absolute atomic E-state index is 12.1. The van der Waals surface area contributed by atoms with Gasteiger partial charge in [0, 0.05) is 6.54 Å². The summed E-state index contributed by atoms with van der Waals surface area (Å²) in [6.45, 7) is 5.08. The van der Waals surface area contributed by atoms with Crippen LogP contribution in [-0.2, 0) is 14.3 Å². The highest BCUT2D eigenvalue weighted by Crippen LogP contribution is 2.06. The van der Waals surface area contributed by atoms with E-state index in [0.717, 1.165) is 0 Å². The van der Waals surface area contributed by atoms with Crippen molar-refractivity contribution in [2.45, 2.75) is 45.3 Å². The molecule has 1 aromatic rings. The van der Waals surface area contributed by atoms with Crippen LogP contribution in [0.25, 0.3) is 0 Å². The van der Waals surface area contributed by atoms with Crippen LogP contribution in [0.4, 0.5) is 4.79 Å². The number of H-pyrrole nitrogens is 1. The molecule has 0 fully saturated rings. The third kappa shape index (κ3) is 9.43. The first kappa shape index (κ1) is 25.1. The van der Waals surface area contributed by atoms with Gasteiger partial charge in [0.05, 0.1) is 0 Å². The van der Waals surface area contributed by atoms with Crippen LogP contribution < -0.4 is 21.3 Å². The molecule has 1 heterocycles. The van der Waals surface area contributed by atoms with Crippen LogP contribution in [-0.4, -0.2) is 64.5 Å². The van der Waals surface area contributed by atoms with Gasteiger partial charge in [-0.3, -0.25) is 30.4 Å². The summed E-state index contributed by atoms with van der Waals surface area (Å²) in [5, 5.41) is 25.4. The second-order valence-electron chi connectivity index (χ2n) is 7.32. The molecule has 1 atom stereocenters. The van der Waals surface area contributed by atoms with E-state index < -0.39 is 41.5 Å². The molecule has 0 aliphatic rings. The molecule has 0 spiro atoms. The molecule has 13 nitrogen and oxygen atoms in total. The number of nitrogens with one attached hydrogen (secondary N) is 6. The number of hydrogen-bond donors (Lipinski definition) is 7. The Morgan fingerprint density at radius 2 is 1.77 bits per heavy atom. The van der Waals surface area contributed by atoms with Crippen LogP contribution in [0.2, 0.25) is 0 Å². The van der Waals surface area contributed by atoms with Crippen LogP contribution >= 0.6 is 0 Å². The van der Waals surface area contributed by atoms with Gasteiger partial charge in [0.25, 0.3) is 11.8 Å². The van der Waals surface area contributed by atoms with Crippen molar-refractivity contribution in [2.75, 3.05) is 6.54 Å². The molecule has 0 radical (unpaired) electrons. The van der Waals surface area contributed by atoms with E-state index in [-0.39, 0.29) is 24.4 Å². The Morgan fingerprint density at radius 1 is 1.16 bits per heavy atom. The molecule has 0 aliphatic heterocycles. The molecular formula is C18H26N6O7. The van der Waals surface area contributed by atoms with Gasteiger partial charge in [0.1, 0.15) is 23.0 Å². The average Bonchev–Trinajstić information content (AvgIpc) is 3.12. The van der Waals surface area contributed by atoms with Gasteiger partial charge in [-0.05, 0) is 45.7 Å². The normalized spacial score (nSPS) is 11.6. The highest BCUT2D eigenvalue weighted by molar-refractivity contribution is 6.07. The van der Waals surface area contributed by atoms with E-state index in [1.165, 1.54) is 12.1 Å². The number of carboxylic acid groups (broad SMARTS) is 1. The van der Waals surface area contributed by atoms with Crippen molar-refractivity contribution < 1.29 is 33.8 Å². The highest BCUT2D eigenvalue weighted by Gasteiger charge is 2.19. The van der Waals surface area contributed by atoms with Crippen molar-refractivity contribution in [3.05, 3.63) is 23.5 Å². The van der Waals surface area contributed by atoms with E-state index in [0.29, 0.717) is 12.8 Å². The smallest absolute Gasteiger partial charge is 0.414 e. The SMILES string of the molecule is CC(C)(C)OC(=O)NC(=N)NC(=O)c1ccc(C(=O)NCCC[C@H](NC=O)C(=O)O)[nH]1. The molecule has 4 amide bonds. The summed E-state index contributed by atoms with van der Waals surface area (Å²) in [5.41, 5.74) is -0.727. The Balaban J connectivity index is 2.49. The van der Waals surface area contributed by atoms with Crippen molar-refractivity contribution in [1.29, 1.82) is 5.41 Å². The summed E-state index contributed by atoms with van der Waals surface area (Å²) >= 11 is 0. The average molecular weight is 438 g/mol. The van der Waals surface area contributed by atoms with Crippen molar-refractivity contribution in [3.8, 4) is 0 Å². The largest absolute Gasteiger partial charge is 0.480 e. The zero-order chi connectivity index (χ0) is 23.6. The molecular weight excluding hydrogens is 412 g/mol. The highest BCUT2D eigenvalue weighted by atomic mass is 16.6. The Bertz CT molecular complexity index is 843. The number of amides is 4. The fourth-order valence-corrected chi connectivity index (χ4v) is 2.24. The lowest BCUT2D eigenvalue weighted by Crippen LogP contribution is -2.45. The predicted molar refractivity (Wildman–Crippen MR) is 108 cm³/mol. The summed E-state index contributed by atoms with van der Waals surface area (Å²) in [7, 11) is 0. The standard InChI is InChI=1S/C18H26N6O7/c1-18(2,3)31-17(30)24-16(19)23-14(27)11-7-6-10(22-11)13(26)20-8-4-5-12(15(28)29)21-9-25/h6-7,9,12,22H,4-5,8H2,1-3H3,(H,20,26)(H,21,25)(H,28,29)(H3,19,23,24,27,30)/t12-/m0/s1. The number of carbonyl (C=O) groups excluding carboxylic acids is 4. The summed E-state index contributed by atoms with van der Waals surface area (Å²) in [6, 6.07) is 1.63. The monoisotopic (exact) mass is 438 g/mol. The molecule has 1 rings (SSSR count). The maximum atomic E-state index is 12.1. The molecule has 0 aromatic carbocycles. The molecule has 0 unspecified atom stereocenters. The minimum Gasteiger partial charge on any atom is -0.480 e. The van der Waals surface area contributed by atoms with Crippen molar-refractivity contribution in [1.82, 2.24) is 26.3 Å². The quantitative estimate of drug-likeness (QED) is 0.121. The summed E-state index contributed by atoms with van der Waals surface area (Å²) < 4.78 is 4.96. The van der Waals surface area contributed by atoms with E-state index in [9.17, 15) is 24.0 Å². The van der Waals surface area contributed by atoms with Crippen LogP contribution in [0, 0.1) is 5.41 Å². The number of aromatic nitrogens is 1. The first-order chi connectivity index (χ1) is 14.4. The van der Waals surface area contributed by atoms with Crippen LogP contribution in [0.15, 0.2) is 12.1 Å². The number of rotatable bonds is 9. The van der Waals surface area contributed by atoms with Crippen LogP contribution in [0.3, 0.4) is 0 Å². The number of alkyl carbamates (subject to hydrolysis) is 1. The summed E-state index contributed by atoms with van der Waals surface area (Å²) in [5.74, 6) is -3.07. The number of carboxylic acids is 1. The molecule has 31 heavy (non-hydrogen) atoms.